The predicted octanol–water partition coefficient (Wildman–Crippen LogP) is 20.8. The van der Waals surface area contributed by atoms with Gasteiger partial charge in [-0.15, -0.1) is 53.6 Å². The molecule has 0 bridgehead atoms. The maximum atomic E-state index is 16.7. The molecule has 5 nitrogen and oxygen atoms in total. The zero-order valence-electron chi connectivity index (χ0n) is 49.0. The molecule has 8 aromatic carbocycles. The molecule has 0 aliphatic carbocycles. The van der Waals surface area contributed by atoms with Crippen molar-refractivity contribution < 1.29 is 47.8 Å². The zero-order valence-corrected chi connectivity index (χ0v) is 51.3. The first-order valence-corrected chi connectivity index (χ1v) is 27.9. The number of para-hydroxylation sites is 3. The molecule has 11 heteroatoms. The van der Waals surface area contributed by atoms with Crippen LogP contribution in [-0.4, -0.2) is 9.55 Å². The fraction of sp³-hybridized carbons (Fsp3) is 0.250. The smallest absolute Gasteiger partial charge is 0.200 e. The molecule has 1 aliphatic heterocycles. The van der Waals surface area contributed by atoms with E-state index in [1.807, 2.05) is 105 Å². The number of hydrogen-bond acceptors (Lipinski definition) is 4. The summed E-state index contributed by atoms with van der Waals surface area (Å²) in [7, 11) is 0. The van der Waals surface area contributed by atoms with Crippen LogP contribution in [0.15, 0.2) is 146 Å². The SMILES string of the molecule is CC(C)c1cc(-c2cc(C(C)(C)C)cc(-c3c(F)c(F)c(F)c(F)c3F)c2N2[CH-]N(c3[c-]c(Oc4[c-]c5c(cc4)c4ccccc4n5-c4cc(C(C)(C)C)ccn4)cc(-c4ccc(C(C)(C)C)cc4)c3)c3ccccc32)cc(C(C)C)c1.[Pt]. The molecule has 428 valence electrons. The minimum Gasteiger partial charge on any atom is -0.509 e. The van der Waals surface area contributed by atoms with Gasteiger partial charge in [-0.05, 0) is 115 Å². The van der Waals surface area contributed by atoms with Crippen molar-refractivity contribution >= 4 is 44.6 Å². The van der Waals surface area contributed by atoms with Crippen molar-refractivity contribution in [3.63, 3.8) is 0 Å². The summed E-state index contributed by atoms with van der Waals surface area (Å²) in [5.74, 6) is -8.42. The van der Waals surface area contributed by atoms with Crippen LogP contribution < -0.4 is 14.5 Å². The largest absolute Gasteiger partial charge is 0.509 e. The Morgan fingerprint density at radius 3 is 1.69 bits per heavy atom. The van der Waals surface area contributed by atoms with Gasteiger partial charge in [0.05, 0.1) is 5.56 Å². The molecule has 0 saturated carbocycles. The van der Waals surface area contributed by atoms with Gasteiger partial charge in [-0.25, -0.2) is 26.9 Å². The van der Waals surface area contributed by atoms with Crippen LogP contribution in [0.5, 0.6) is 11.5 Å². The van der Waals surface area contributed by atoms with E-state index in [-0.39, 0.29) is 55.0 Å². The molecule has 0 unspecified atom stereocenters. The number of nitrogens with zero attached hydrogens (tertiary/aromatic N) is 4. The summed E-state index contributed by atoms with van der Waals surface area (Å²) >= 11 is 0. The van der Waals surface area contributed by atoms with Gasteiger partial charge in [0.25, 0.3) is 0 Å². The second-order valence-electron chi connectivity index (χ2n) is 25.3. The Balaban J connectivity index is 0.00000769. The monoisotopic (exact) mass is 1290 g/mol. The van der Waals surface area contributed by atoms with Gasteiger partial charge in [-0.2, -0.15) is 6.07 Å². The fourth-order valence-corrected chi connectivity index (χ4v) is 10.9. The molecule has 0 N–H and O–H groups in total. The summed E-state index contributed by atoms with van der Waals surface area (Å²) in [4.78, 5) is 8.59. The van der Waals surface area contributed by atoms with Crippen molar-refractivity contribution in [3.05, 3.63) is 221 Å². The van der Waals surface area contributed by atoms with Crippen LogP contribution in [0, 0.1) is 47.9 Å². The van der Waals surface area contributed by atoms with Gasteiger partial charge >= 0.3 is 0 Å². The number of pyridine rings is 1. The predicted molar refractivity (Wildman–Crippen MR) is 325 cm³/mol. The molecule has 0 atom stereocenters. The van der Waals surface area contributed by atoms with E-state index in [2.05, 4.69) is 147 Å². The second kappa shape index (κ2) is 21.9. The second-order valence-corrected chi connectivity index (χ2v) is 25.3. The molecule has 1 aliphatic rings. The van der Waals surface area contributed by atoms with Gasteiger partial charge in [0, 0.05) is 72.5 Å². The number of anilines is 4. The number of halogens is 5. The van der Waals surface area contributed by atoms with Crippen LogP contribution in [0.25, 0.3) is 61.0 Å². The first kappa shape index (κ1) is 58.6. The van der Waals surface area contributed by atoms with Crippen molar-refractivity contribution in [2.75, 3.05) is 9.80 Å². The van der Waals surface area contributed by atoms with E-state index in [4.69, 9.17) is 9.72 Å². The molecule has 0 spiro atoms. The standard InChI is InChI=1S/C72H66F5N4O.Pt/c1-41(2)44-30-45(42(3)4)32-47(31-44)56-35-50(72(11,12)13)36-57(63-64(73)66(75)68(77)67(76)65(63)74)69(56)80-40-79(59-20-16-17-21-60(59)80)51-33-46(43-22-24-48(25-23-43)70(5,6)7)34-53(38-51)82-52-26-27-55-54-18-14-15-19-58(54)81(61(55)39-52)62-37-49(28-29-78-62)71(8,9)10;/h14-37,40-42H,1-13H3;/q-3;. The summed E-state index contributed by atoms with van der Waals surface area (Å²) in [6.07, 6.45) is 1.84. The third kappa shape index (κ3) is 10.9. The van der Waals surface area contributed by atoms with E-state index in [0.29, 0.717) is 39.7 Å². The van der Waals surface area contributed by atoms with E-state index in [1.165, 1.54) is 0 Å². The number of aromatic nitrogens is 2. The third-order valence-electron chi connectivity index (χ3n) is 15.7. The molecular weight excluding hydrogens is 1230 g/mol. The van der Waals surface area contributed by atoms with Crippen molar-refractivity contribution in [3.8, 4) is 50.7 Å². The van der Waals surface area contributed by atoms with Crippen molar-refractivity contribution in [1.82, 2.24) is 9.55 Å². The molecule has 11 rings (SSSR count). The van der Waals surface area contributed by atoms with Gasteiger partial charge in [-0.3, -0.25) is 0 Å². The van der Waals surface area contributed by atoms with Crippen LogP contribution in [0.3, 0.4) is 0 Å². The number of benzene rings is 8. The van der Waals surface area contributed by atoms with E-state index in [1.54, 1.807) is 17.6 Å². The third-order valence-corrected chi connectivity index (χ3v) is 15.7. The van der Waals surface area contributed by atoms with Crippen LogP contribution in [0.1, 0.15) is 130 Å². The Bertz CT molecular complexity index is 4090. The van der Waals surface area contributed by atoms with Gasteiger partial charge in [-0.1, -0.05) is 168 Å². The van der Waals surface area contributed by atoms with Crippen molar-refractivity contribution in [2.45, 2.75) is 118 Å². The van der Waals surface area contributed by atoms with E-state index in [9.17, 15) is 0 Å². The topological polar surface area (TPSA) is 33.5 Å². The Labute approximate surface area is 499 Å². The normalized spacial score (nSPS) is 13.0. The zero-order chi connectivity index (χ0) is 58.5. The molecular formula is C72H66F5N4OPt-3. The van der Waals surface area contributed by atoms with Gasteiger partial charge < -0.3 is 19.1 Å². The Morgan fingerprint density at radius 2 is 1.07 bits per heavy atom. The number of rotatable bonds is 10. The molecule has 0 saturated heterocycles. The van der Waals surface area contributed by atoms with Gasteiger partial charge in [0.1, 0.15) is 5.82 Å². The summed E-state index contributed by atoms with van der Waals surface area (Å²) in [6, 6.07) is 53.3. The molecule has 0 fully saturated rings. The van der Waals surface area contributed by atoms with Crippen LogP contribution in [0.4, 0.5) is 44.7 Å². The summed E-state index contributed by atoms with van der Waals surface area (Å²) in [6.45, 7) is 29.1. The number of fused-ring (bicyclic) bond motifs is 4. The van der Waals surface area contributed by atoms with Crippen molar-refractivity contribution in [1.29, 1.82) is 0 Å². The molecule has 0 amide bonds. The van der Waals surface area contributed by atoms with Gasteiger partial charge in [0.15, 0.2) is 23.3 Å². The van der Waals surface area contributed by atoms with Crippen LogP contribution in [0.2, 0.25) is 0 Å². The molecule has 83 heavy (non-hydrogen) atoms. The maximum absolute atomic E-state index is 16.7. The van der Waals surface area contributed by atoms with Crippen LogP contribution >= 0.6 is 0 Å². The summed E-state index contributed by atoms with van der Waals surface area (Å²) in [5, 5.41) is 2.02. The maximum Gasteiger partial charge on any atom is 0.200 e. The summed E-state index contributed by atoms with van der Waals surface area (Å²) < 4.78 is 88.9. The minimum absolute atomic E-state index is 0. The van der Waals surface area contributed by atoms with E-state index in [0.717, 1.165) is 66.6 Å². The Hall–Kier alpha value is -7.55. The van der Waals surface area contributed by atoms with Gasteiger partial charge in [0.2, 0.25) is 5.82 Å². The number of ether oxygens (including phenoxy) is 1. The Morgan fingerprint density at radius 1 is 0.494 bits per heavy atom. The average molecular weight is 1290 g/mol. The molecule has 0 radical (unpaired) electrons. The molecule has 3 heterocycles. The fourth-order valence-electron chi connectivity index (χ4n) is 10.9. The quantitative estimate of drug-likeness (QED) is 0.0591. The van der Waals surface area contributed by atoms with E-state index < -0.39 is 40.1 Å². The number of hydrogen-bond donors (Lipinski definition) is 0. The Kier molecular flexibility index (Phi) is 15.5. The minimum atomic E-state index is -2.23. The average Bonchev–Trinajstić information content (AvgIpc) is 2.94. The first-order valence-electron chi connectivity index (χ1n) is 27.9. The van der Waals surface area contributed by atoms with E-state index >= 15 is 22.0 Å². The van der Waals surface area contributed by atoms with Crippen LogP contribution in [-0.2, 0) is 37.3 Å². The molecule has 10 aromatic rings. The first-order chi connectivity index (χ1) is 38.8. The van der Waals surface area contributed by atoms with Crippen molar-refractivity contribution in [2.24, 2.45) is 0 Å². The summed E-state index contributed by atoms with van der Waals surface area (Å²) in [5.41, 5.74) is 9.59. The molecule has 2 aromatic heterocycles.